The zero-order valence-electron chi connectivity index (χ0n) is 10.9. The molecule has 2 rings (SSSR count). The number of ether oxygens (including phenoxy) is 2. The molecular formula is C14H17NO4. The number of amides is 1. The van der Waals surface area contributed by atoms with E-state index in [1.165, 1.54) is 7.11 Å². The number of nitrogens with zero attached hydrogens (tertiary/aromatic N) is 1. The minimum absolute atomic E-state index is 0.00459. The van der Waals surface area contributed by atoms with Crippen molar-refractivity contribution < 1.29 is 19.1 Å². The first-order chi connectivity index (χ1) is 9.20. The first-order valence-electron chi connectivity index (χ1n) is 6.29. The fraction of sp³-hybridized carbons (Fsp3) is 0.429. The lowest BCUT2D eigenvalue weighted by atomic mass is 10.2. The minimum Gasteiger partial charge on any atom is -0.484 e. The number of benzene rings is 1. The van der Waals surface area contributed by atoms with Gasteiger partial charge in [0.2, 0.25) is 0 Å². The molecule has 0 unspecified atom stereocenters. The lowest BCUT2D eigenvalue weighted by Crippen LogP contribution is -2.32. The van der Waals surface area contributed by atoms with Crippen LogP contribution in [0, 0.1) is 0 Å². The average molecular weight is 263 g/mol. The fourth-order valence-corrected chi connectivity index (χ4v) is 2.03. The van der Waals surface area contributed by atoms with Crippen LogP contribution in [0.5, 0.6) is 5.75 Å². The van der Waals surface area contributed by atoms with Crippen molar-refractivity contribution in [3.63, 3.8) is 0 Å². The van der Waals surface area contributed by atoms with Crippen LogP contribution >= 0.6 is 0 Å². The molecule has 1 heterocycles. The Labute approximate surface area is 112 Å². The summed E-state index contributed by atoms with van der Waals surface area (Å²) in [4.78, 5) is 25.0. The minimum atomic E-state index is -0.420. The summed E-state index contributed by atoms with van der Waals surface area (Å²) in [6.45, 7) is 1.62. The van der Waals surface area contributed by atoms with Crippen LogP contribution in [-0.2, 0) is 9.53 Å². The van der Waals surface area contributed by atoms with Gasteiger partial charge in [-0.1, -0.05) is 6.07 Å². The van der Waals surface area contributed by atoms with Crippen LogP contribution in [0.3, 0.4) is 0 Å². The highest BCUT2D eigenvalue weighted by Gasteiger charge is 2.18. The quantitative estimate of drug-likeness (QED) is 0.772. The highest BCUT2D eigenvalue weighted by Crippen LogP contribution is 2.15. The number of likely N-dealkylation sites (tertiary alicyclic amines) is 1. The van der Waals surface area contributed by atoms with E-state index in [1.807, 2.05) is 0 Å². The van der Waals surface area contributed by atoms with Crippen LogP contribution in [0.4, 0.5) is 0 Å². The summed E-state index contributed by atoms with van der Waals surface area (Å²) >= 11 is 0. The summed E-state index contributed by atoms with van der Waals surface area (Å²) in [5, 5.41) is 0. The SMILES string of the molecule is COC(=O)c1cccc(OCC(=O)N2CCCC2)c1. The Kier molecular flexibility index (Phi) is 4.39. The number of esters is 1. The molecule has 5 heteroatoms. The van der Waals surface area contributed by atoms with Crippen molar-refractivity contribution in [3.05, 3.63) is 29.8 Å². The maximum atomic E-state index is 11.8. The smallest absolute Gasteiger partial charge is 0.337 e. The van der Waals surface area contributed by atoms with E-state index < -0.39 is 5.97 Å². The second-order valence-electron chi connectivity index (χ2n) is 4.40. The molecule has 0 bridgehead atoms. The zero-order chi connectivity index (χ0) is 13.7. The summed E-state index contributed by atoms with van der Waals surface area (Å²) in [7, 11) is 1.33. The van der Waals surface area contributed by atoms with Crippen molar-refractivity contribution in [2.24, 2.45) is 0 Å². The molecule has 1 aromatic carbocycles. The number of hydrogen-bond acceptors (Lipinski definition) is 4. The Morgan fingerprint density at radius 3 is 2.68 bits per heavy atom. The summed E-state index contributed by atoms with van der Waals surface area (Å²) in [6, 6.07) is 6.62. The summed E-state index contributed by atoms with van der Waals surface area (Å²) in [6.07, 6.45) is 2.12. The maximum Gasteiger partial charge on any atom is 0.337 e. The average Bonchev–Trinajstić information content (AvgIpc) is 2.98. The van der Waals surface area contributed by atoms with Crippen molar-refractivity contribution in [3.8, 4) is 5.75 Å². The zero-order valence-corrected chi connectivity index (χ0v) is 10.9. The van der Waals surface area contributed by atoms with Crippen molar-refractivity contribution in [2.75, 3.05) is 26.8 Å². The van der Waals surface area contributed by atoms with Crippen LogP contribution < -0.4 is 4.74 Å². The lowest BCUT2D eigenvalue weighted by Gasteiger charge is -2.15. The fourth-order valence-electron chi connectivity index (χ4n) is 2.03. The van der Waals surface area contributed by atoms with Gasteiger partial charge < -0.3 is 14.4 Å². The standard InChI is InChI=1S/C14H17NO4/c1-18-14(17)11-5-4-6-12(9-11)19-10-13(16)15-7-2-3-8-15/h4-6,9H,2-3,7-8,10H2,1H3. The molecule has 0 spiro atoms. The van der Waals surface area contributed by atoms with Gasteiger partial charge in [-0.25, -0.2) is 4.79 Å². The highest BCUT2D eigenvalue weighted by atomic mass is 16.5. The Balaban J connectivity index is 1.92. The van der Waals surface area contributed by atoms with Crippen molar-refractivity contribution in [1.29, 1.82) is 0 Å². The molecular weight excluding hydrogens is 246 g/mol. The van der Waals surface area contributed by atoms with Crippen molar-refractivity contribution >= 4 is 11.9 Å². The van der Waals surface area contributed by atoms with Gasteiger partial charge >= 0.3 is 5.97 Å². The van der Waals surface area contributed by atoms with E-state index in [1.54, 1.807) is 29.2 Å². The van der Waals surface area contributed by atoms with Gasteiger partial charge in [0.05, 0.1) is 12.7 Å². The highest BCUT2D eigenvalue weighted by molar-refractivity contribution is 5.89. The maximum absolute atomic E-state index is 11.8. The van der Waals surface area contributed by atoms with E-state index in [9.17, 15) is 9.59 Å². The number of hydrogen-bond donors (Lipinski definition) is 0. The molecule has 5 nitrogen and oxygen atoms in total. The molecule has 1 fully saturated rings. The summed E-state index contributed by atoms with van der Waals surface area (Å²) in [5.74, 6) is 0.0627. The van der Waals surface area contributed by atoms with Gasteiger partial charge in [-0.3, -0.25) is 4.79 Å². The third-order valence-electron chi connectivity index (χ3n) is 3.08. The Morgan fingerprint density at radius 1 is 1.26 bits per heavy atom. The molecule has 0 aromatic heterocycles. The van der Waals surface area contributed by atoms with Crippen molar-refractivity contribution in [1.82, 2.24) is 4.90 Å². The van der Waals surface area contributed by atoms with Gasteiger partial charge in [0.1, 0.15) is 5.75 Å². The van der Waals surface area contributed by atoms with Crippen LogP contribution in [-0.4, -0.2) is 43.6 Å². The van der Waals surface area contributed by atoms with Gasteiger partial charge in [-0.15, -0.1) is 0 Å². The number of rotatable bonds is 4. The third-order valence-corrected chi connectivity index (χ3v) is 3.08. The molecule has 1 aliphatic rings. The van der Waals surface area contributed by atoms with E-state index in [0.717, 1.165) is 25.9 Å². The molecule has 0 radical (unpaired) electrons. The topological polar surface area (TPSA) is 55.8 Å². The summed E-state index contributed by atoms with van der Waals surface area (Å²) < 4.78 is 10.0. The molecule has 1 saturated heterocycles. The molecule has 1 amide bonds. The monoisotopic (exact) mass is 263 g/mol. The predicted octanol–water partition coefficient (Wildman–Crippen LogP) is 1.47. The number of methoxy groups -OCH3 is 1. The van der Waals surface area contributed by atoms with E-state index in [0.29, 0.717) is 11.3 Å². The van der Waals surface area contributed by atoms with Crippen LogP contribution in [0.2, 0.25) is 0 Å². The van der Waals surface area contributed by atoms with Crippen LogP contribution in [0.15, 0.2) is 24.3 Å². The molecule has 102 valence electrons. The molecule has 1 aromatic rings. The lowest BCUT2D eigenvalue weighted by molar-refractivity contribution is -0.132. The van der Waals surface area contributed by atoms with E-state index in [-0.39, 0.29) is 12.5 Å². The number of carbonyl (C=O) groups excluding carboxylic acids is 2. The second kappa shape index (κ2) is 6.22. The molecule has 19 heavy (non-hydrogen) atoms. The Hall–Kier alpha value is -2.04. The number of carbonyl (C=O) groups is 2. The van der Waals surface area contributed by atoms with Crippen LogP contribution in [0.25, 0.3) is 0 Å². The Morgan fingerprint density at radius 2 is 2.00 bits per heavy atom. The van der Waals surface area contributed by atoms with Crippen molar-refractivity contribution in [2.45, 2.75) is 12.8 Å². The van der Waals surface area contributed by atoms with Gasteiger partial charge in [0.15, 0.2) is 6.61 Å². The van der Waals surface area contributed by atoms with Gasteiger partial charge in [0, 0.05) is 13.1 Å². The van der Waals surface area contributed by atoms with Gasteiger partial charge in [-0.05, 0) is 31.0 Å². The Bertz CT molecular complexity index is 466. The normalized spacial score (nSPS) is 14.3. The van der Waals surface area contributed by atoms with E-state index in [2.05, 4.69) is 4.74 Å². The first kappa shape index (κ1) is 13.4. The molecule has 0 aliphatic carbocycles. The summed E-state index contributed by atoms with van der Waals surface area (Å²) in [5.41, 5.74) is 0.411. The molecule has 0 atom stereocenters. The van der Waals surface area contributed by atoms with Gasteiger partial charge in [-0.2, -0.15) is 0 Å². The second-order valence-corrected chi connectivity index (χ2v) is 4.40. The van der Waals surface area contributed by atoms with E-state index >= 15 is 0 Å². The molecule has 0 saturated carbocycles. The van der Waals surface area contributed by atoms with E-state index in [4.69, 9.17) is 4.74 Å². The first-order valence-corrected chi connectivity index (χ1v) is 6.29. The largest absolute Gasteiger partial charge is 0.484 e. The third kappa shape index (κ3) is 3.47. The van der Waals surface area contributed by atoms with Crippen LogP contribution in [0.1, 0.15) is 23.2 Å². The predicted molar refractivity (Wildman–Crippen MR) is 69.1 cm³/mol. The molecule has 0 N–H and O–H groups in total. The molecule has 1 aliphatic heterocycles. The van der Waals surface area contributed by atoms with Gasteiger partial charge in [0.25, 0.3) is 5.91 Å².